The third-order valence-electron chi connectivity index (χ3n) is 0.841. The first-order chi connectivity index (χ1) is 5.12. The Morgan fingerprint density at radius 1 is 1.18 bits per heavy atom. The topological polar surface area (TPSA) is 61.4 Å². The summed E-state index contributed by atoms with van der Waals surface area (Å²) in [7, 11) is -3.71. The van der Waals surface area contributed by atoms with Gasteiger partial charge in [0.15, 0.2) is 0 Å². The molecule has 0 rings (SSSR count). The largest absolute Gasteiger partial charge is 0.338 e. The van der Waals surface area contributed by atoms with Gasteiger partial charge in [-0.05, 0) is 0 Å². The van der Waals surface area contributed by atoms with E-state index in [1.807, 2.05) is 10.2 Å². The van der Waals surface area contributed by atoms with Crippen molar-refractivity contribution in [3.8, 4) is 0 Å². The van der Waals surface area contributed by atoms with Gasteiger partial charge in [-0.2, -0.15) is 0 Å². The molecule has 68 valence electrons. The van der Waals surface area contributed by atoms with Crippen molar-refractivity contribution in [2.45, 2.75) is 0 Å². The van der Waals surface area contributed by atoms with Crippen LogP contribution in [0.4, 0.5) is 8.78 Å². The predicted octanol–water partition coefficient (Wildman–Crippen LogP) is 0.205. The minimum atomic E-state index is -3.71. The molecular formula is C4H11F2N2O2P. The molecule has 0 aromatic heterocycles. The molecule has 0 saturated heterocycles. The maximum Gasteiger partial charge on any atom is 0.338 e. The van der Waals surface area contributed by atoms with Crippen LogP contribution in [0.1, 0.15) is 0 Å². The lowest BCUT2D eigenvalue weighted by Gasteiger charge is -2.11. The average Bonchev–Trinajstić information content (AvgIpc) is 1.97. The monoisotopic (exact) mass is 188 g/mol. The fraction of sp³-hybridized carbons (Fsp3) is 1.00. The quantitative estimate of drug-likeness (QED) is 0.521. The van der Waals surface area contributed by atoms with Crippen LogP contribution in [0.5, 0.6) is 0 Å². The molecule has 0 atom stereocenters. The Morgan fingerprint density at radius 2 is 1.55 bits per heavy atom. The predicted molar refractivity (Wildman–Crippen MR) is 37.8 cm³/mol. The van der Waals surface area contributed by atoms with E-state index < -0.39 is 21.0 Å². The number of alkyl halides is 2. The molecule has 7 heteroatoms. The van der Waals surface area contributed by atoms with Crippen LogP contribution in [0.3, 0.4) is 0 Å². The van der Waals surface area contributed by atoms with Crippen LogP contribution < -0.4 is 10.2 Å². The van der Waals surface area contributed by atoms with Gasteiger partial charge in [0.05, 0.1) is 0 Å². The molecule has 0 aromatic rings. The molecule has 3 N–H and O–H groups in total. The van der Waals surface area contributed by atoms with Crippen LogP contribution in [0.25, 0.3) is 0 Å². The maximum absolute atomic E-state index is 11.4. The zero-order valence-electron chi connectivity index (χ0n) is 5.89. The van der Waals surface area contributed by atoms with E-state index in [1.165, 1.54) is 0 Å². The molecule has 0 aromatic carbocycles. The fourth-order valence-electron chi connectivity index (χ4n) is 0.444. The summed E-state index contributed by atoms with van der Waals surface area (Å²) >= 11 is 0. The Kier molecular flexibility index (Phi) is 5.58. The lowest BCUT2D eigenvalue weighted by atomic mass is 10.8. The highest BCUT2D eigenvalue weighted by molar-refractivity contribution is 7.53. The van der Waals surface area contributed by atoms with Crippen LogP contribution >= 0.6 is 7.67 Å². The normalized spacial score (nSPS) is 11.9. The third-order valence-corrected chi connectivity index (χ3v) is 2.15. The molecule has 0 unspecified atom stereocenters. The number of hydrogen-bond donors (Lipinski definition) is 3. The van der Waals surface area contributed by atoms with Crippen LogP contribution in [0, 0.1) is 0 Å². The maximum atomic E-state index is 11.4. The number of nitrogens with one attached hydrogen (secondary N) is 2. The molecule has 0 fully saturated rings. The second-order valence-electron chi connectivity index (χ2n) is 1.77. The Bertz CT molecular complexity index is 134. The lowest BCUT2D eigenvalue weighted by Crippen LogP contribution is -2.25. The van der Waals surface area contributed by atoms with Gasteiger partial charge in [0.2, 0.25) is 0 Å². The van der Waals surface area contributed by atoms with Crippen molar-refractivity contribution < 1.29 is 18.2 Å². The fourth-order valence-corrected chi connectivity index (χ4v) is 1.33. The first-order valence-electron chi connectivity index (χ1n) is 3.07. The van der Waals surface area contributed by atoms with E-state index in [-0.39, 0.29) is 13.1 Å². The summed E-state index contributed by atoms with van der Waals surface area (Å²) in [6.07, 6.45) is 0. The zero-order chi connectivity index (χ0) is 8.74. The molecule has 0 amide bonds. The molecule has 0 saturated carbocycles. The summed E-state index contributed by atoms with van der Waals surface area (Å²) in [5.41, 5.74) is 0. The SMILES string of the molecule is O=P(O)(NCCF)NCCF. The van der Waals surface area contributed by atoms with Gasteiger partial charge in [0.1, 0.15) is 13.3 Å². The van der Waals surface area contributed by atoms with E-state index in [9.17, 15) is 13.3 Å². The molecule has 0 bridgehead atoms. The third kappa shape index (κ3) is 6.37. The van der Waals surface area contributed by atoms with Crippen LogP contribution in [-0.2, 0) is 4.57 Å². The van der Waals surface area contributed by atoms with E-state index in [4.69, 9.17) is 4.89 Å². The van der Waals surface area contributed by atoms with Gasteiger partial charge >= 0.3 is 7.67 Å². The Labute approximate surface area is 63.5 Å². The average molecular weight is 188 g/mol. The van der Waals surface area contributed by atoms with Crippen LogP contribution in [0.15, 0.2) is 0 Å². The van der Waals surface area contributed by atoms with Gasteiger partial charge < -0.3 is 4.89 Å². The van der Waals surface area contributed by atoms with Gasteiger partial charge in [0.25, 0.3) is 0 Å². The van der Waals surface area contributed by atoms with Gasteiger partial charge in [0, 0.05) is 13.1 Å². The molecule has 0 heterocycles. The van der Waals surface area contributed by atoms with Crippen molar-refractivity contribution in [3.05, 3.63) is 0 Å². The molecule has 0 spiro atoms. The Hall–Kier alpha value is -0.0300. The highest BCUT2D eigenvalue weighted by Crippen LogP contribution is 2.27. The van der Waals surface area contributed by atoms with E-state index in [0.717, 1.165) is 0 Å². The van der Waals surface area contributed by atoms with Crippen molar-refractivity contribution in [1.29, 1.82) is 0 Å². The summed E-state index contributed by atoms with van der Waals surface area (Å²) in [5.74, 6) is 0. The molecule has 0 radical (unpaired) electrons. The highest BCUT2D eigenvalue weighted by Gasteiger charge is 2.14. The van der Waals surface area contributed by atoms with Crippen LogP contribution in [0.2, 0.25) is 0 Å². The Morgan fingerprint density at radius 3 is 1.82 bits per heavy atom. The molecule has 0 aliphatic carbocycles. The summed E-state index contributed by atoms with van der Waals surface area (Å²) < 4.78 is 33.6. The van der Waals surface area contributed by atoms with Crippen LogP contribution in [-0.4, -0.2) is 31.3 Å². The van der Waals surface area contributed by atoms with E-state index in [2.05, 4.69) is 0 Å². The summed E-state index contributed by atoms with van der Waals surface area (Å²) in [6, 6.07) is 0. The van der Waals surface area contributed by atoms with Crippen molar-refractivity contribution >= 4 is 7.67 Å². The second kappa shape index (κ2) is 5.60. The molecule has 0 aliphatic heterocycles. The smallest absolute Gasteiger partial charge is 0.322 e. The highest BCUT2D eigenvalue weighted by atomic mass is 31.2. The Balaban J connectivity index is 3.53. The molecule has 11 heavy (non-hydrogen) atoms. The number of rotatable bonds is 6. The standard InChI is InChI=1S/C4H11F2N2O2P/c5-1-3-7-11(9,10)8-4-2-6/h1-4H2,(H3,7,8,9,10). The molecule has 4 nitrogen and oxygen atoms in total. The van der Waals surface area contributed by atoms with Gasteiger partial charge in [-0.25, -0.2) is 19.0 Å². The first kappa shape index (κ1) is 11.0. The first-order valence-corrected chi connectivity index (χ1v) is 4.73. The molecular weight excluding hydrogens is 177 g/mol. The number of halogens is 2. The minimum absolute atomic E-state index is 0.215. The van der Waals surface area contributed by atoms with Gasteiger partial charge in [-0.3, -0.25) is 4.57 Å². The van der Waals surface area contributed by atoms with Gasteiger partial charge in [-0.15, -0.1) is 0 Å². The molecule has 0 aliphatic rings. The minimum Gasteiger partial charge on any atom is -0.322 e. The lowest BCUT2D eigenvalue weighted by molar-refractivity contribution is 0.419. The summed E-state index contributed by atoms with van der Waals surface area (Å²) in [6.45, 7) is -1.90. The van der Waals surface area contributed by atoms with Crippen molar-refractivity contribution in [2.75, 3.05) is 26.4 Å². The number of hydrogen-bond acceptors (Lipinski definition) is 1. The van der Waals surface area contributed by atoms with Gasteiger partial charge in [-0.1, -0.05) is 0 Å². The van der Waals surface area contributed by atoms with E-state index >= 15 is 0 Å². The summed E-state index contributed by atoms with van der Waals surface area (Å²) in [5, 5.41) is 4.00. The van der Waals surface area contributed by atoms with E-state index in [0.29, 0.717) is 0 Å². The van der Waals surface area contributed by atoms with Crippen molar-refractivity contribution in [2.24, 2.45) is 0 Å². The zero-order valence-corrected chi connectivity index (χ0v) is 6.78. The van der Waals surface area contributed by atoms with E-state index in [1.54, 1.807) is 0 Å². The second-order valence-corrected chi connectivity index (χ2v) is 3.55. The van der Waals surface area contributed by atoms with Crippen molar-refractivity contribution in [1.82, 2.24) is 10.2 Å². The van der Waals surface area contributed by atoms with Crippen molar-refractivity contribution in [3.63, 3.8) is 0 Å². The summed E-state index contributed by atoms with van der Waals surface area (Å²) in [4.78, 5) is 8.78.